The van der Waals surface area contributed by atoms with Gasteiger partial charge in [-0.25, -0.2) is 4.98 Å². The van der Waals surface area contributed by atoms with E-state index in [1.807, 2.05) is 32.2 Å². The second kappa shape index (κ2) is 7.79. The van der Waals surface area contributed by atoms with Crippen molar-refractivity contribution in [1.29, 1.82) is 0 Å². The molecule has 3 rings (SSSR count). The second-order valence-electron chi connectivity index (χ2n) is 6.57. The molecular weight excluding hydrogens is 342 g/mol. The van der Waals surface area contributed by atoms with Crippen molar-refractivity contribution in [3.8, 4) is 0 Å². The average Bonchev–Trinajstić information content (AvgIpc) is 2.93. The maximum Gasteiger partial charge on any atom is 0.226 e. The lowest BCUT2D eigenvalue weighted by atomic mass is 9.94. The third-order valence-corrected chi connectivity index (χ3v) is 5.46. The van der Waals surface area contributed by atoms with E-state index in [2.05, 4.69) is 47.3 Å². The fourth-order valence-electron chi connectivity index (χ4n) is 3.05. The molecule has 0 bridgehead atoms. The molecule has 0 aliphatic rings. The van der Waals surface area contributed by atoms with Crippen LogP contribution >= 0.6 is 11.3 Å². The number of benzene rings is 1. The largest absolute Gasteiger partial charge is 0.345 e. The van der Waals surface area contributed by atoms with Crippen LogP contribution in [0, 0.1) is 27.7 Å². The van der Waals surface area contributed by atoms with Gasteiger partial charge in [0.15, 0.2) is 0 Å². The Hall–Kier alpha value is -2.53. The van der Waals surface area contributed by atoms with Crippen molar-refractivity contribution in [1.82, 2.24) is 15.3 Å². The van der Waals surface area contributed by atoms with Crippen LogP contribution in [-0.4, -0.2) is 15.9 Å². The molecule has 1 amide bonds. The number of rotatable bonds is 5. The number of nitrogens with zero attached hydrogens (tertiary/aromatic N) is 2. The first-order chi connectivity index (χ1) is 12.4. The van der Waals surface area contributed by atoms with E-state index >= 15 is 0 Å². The number of aromatic nitrogens is 2. The zero-order valence-electron chi connectivity index (χ0n) is 15.5. The number of carbonyl (C=O) groups is 1. The van der Waals surface area contributed by atoms with E-state index in [0.717, 1.165) is 32.3 Å². The lowest BCUT2D eigenvalue weighted by molar-refractivity contribution is -0.120. The van der Waals surface area contributed by atoms with E-state index in [1.54, 1.807) is 17.5 Å². The number of hydrogen-bond donors (Lipinski definition) is 1. The highest BCUT2D eigenvalue weighted by atomic mass is 32.1. The van der Waals surface area contributed by atoms with Crippen LogP contribution < -0.4 is 5.32 Å². The molecule has 2 aromatic heterocycles. The van der Waals surface area contributed by atoms with Gasteiger partial charge in [0.25, 0.3) is 0 Å². The van der Waals surface area contributed by atoms with E-state index < -0.39 is 0 Å². The Morgan fingerprint density at radius 2 is 2.00 bits per heavy atom. The molecule has 134 valence electrons. The van der Waals surface area contributed by atoms with Crippen molar-refractivity contribution in [2.45, 2.75) is 40.2 Å². The topological polar surface area (TPSA) is 54.9 Å². The van der Waals surface area contributed by atoms with Crippen molar-refractivity contribution in [2.75, 3.05) is 0 Å². The first kappa shape index (κ1) is 18.3. The number of carbonyl (C=O) groups excluding carboxylic acids is 1. The summed E-state index contributed by atoms with van der Waals surface area (Å²) < 4.78 is 0. The van der Waals surface area contributed by atoms with Crippen LogP contribution in [0.2, 0.25) is 0 Å². The molecule has 1 aromatic carbocycles. The highest BCUT2D eigenvalue weighted by molar-refractivity contribution is 7.11. The Morgan fingerprint density at radius 3 is 2.65 bits per heavy atom. The third-order valence-electron chi connectivity index (χ3n) is 4.39. The van der Waals surface area contributed by atoms with Crippen LogP contribution in [-0.2, 0) is 11.2 Å². The molecule has 0 spiro atoms. The molecule has 0 fully saturated rings. The molecule has 4 nitrogen and oxygen atoms in total. The summed E-state index contributed by atoms with van der Waals surface area (Å²) in [7, 11) is 0. The summed E-state index contributed by atoms with van der Waals surface area (Å²) >= 11 is 1.58. The lowest BCUT2D eigenvalue weighted by Crippen LogP contribution is -2.31. The summed E-state index contributed by atoms with van der Waals surface area (Å²) in [6.07, 6.45) is 3.91. The fourth-order valence-corrected chi connectivity index (χ4v) is 3.99. The first-order valence-corrected chi connectivity index (χ1v) is 9.45. The van der Waals surface area contributed by atoms with E-state index in [4.69, 9.17) is 0 Å². The fraction of sp³-hybridized carbons (Fsp3) is 0.286. The van der Waals surface area contributed by atoms with Gasteiger partial charge >= 0.3 is 0 Å². The molecule has 2 heterocycles. The normalized spacial score (nSPS) is 12.0. The number of amides is 1. The Balaban J connectivity index is 1.90. The van der Waals surface area contributed by atoms with Crippen LogP contribution in [0.5, 0.6) is 0 Å². The number of pyridine rings is 1. The summed E-state index contributed by atoms with van der Waals surface area (Å²) in [5.74, 6) is -0.00786. The van der Waals surface area contributed by atoms with Gasteiger partial charge in [0.05, 0.1) is 23.2 Å². The predicted molar refractivity (Wildman–Crippen MR) is 105 cm³/mol. The van der Waals surface area contributed by atoms with Gasteiger partial charge in [-0.15, -0.1) is 11.3 Å². The van der Waals surface area contributed by atoms with Crippen LogP contribution in [0.4, 0.5) is 0 Å². The van der Waals surface area contributed by atoms with Crippen molar-refractivity contribution in [3.05, 3.63) is 80.6 Å². The average molecular weight is 366 g/mol. The van der Waals surface area contributed by atoms with Gasteiger partial charge in [0.2, 0.25) is 5.91 Å². The summed E-state index contributed by atoms with van der Waals surface area (Å²) in [6, 6.07) is 10.00. The molecule has 3 aromatic rings. The Bertz CT molecular complexity index is 918. The molecule has 5 heteroatoms. The summed E-state index contributed by atoms with van der Waals surface area (Å²) in [4.78, 5) is 22.4. The van der Waals surface area contributed by atoms with Crippen LogP contribution in [0.1, 0.15) is 43.9 Å². The third kappa shape index (κ3) is 4.17. The highest BCUT2D eigenvalue weighted by Crippen LogP contribution is 2.26. The first-order valence-electron chi connectivity index (χ1n) is 8.63. The van der Waals surface area contributed by atoms with Gasteiger partial charge in [-0.1, -0.05) is 29.8 Å². The number of aryl methyl sites for hydroxylation is 4. The van der Waals surface area contributed by atoms with Crippen molar-refractivity contribution in [3.63, 3.8) is 0 Å². The molecule has 0 saturated heterocycles. The molecular formula is C21H23N3OS. The van der Waals surface area contributed by atoms with E-state index in [9.17, 15) is 4.79 Å². The maximum atomic E-state index is 12.8. The monoisotopic (exact) mass is 365 g/mol. The van der Waals surface area contributed by atoms with E-state index in [0.29, 0.717) is 6.42 Å². The van der Waals surface area contributed by atoms with Gasteiger partial charge in [-0.2, -0.15) is 0 Å². The Kier molecular flexibility index (Phi) is 5.47. The second-order valence-corrected chi connectivity index (χ2v) is 7.85. The van der Waals surface area contributed by atoms with Crippen molar-refractivity contribution < 1.29 is 4.79 Å². The molecule has 0 aliphatic carbocycles. The van der Waals surface area contributed by atoms with Gasteiger partial charge in [-0.05, 0) is 50.5 Å². The molecule has 26 heavy (non-hydrogen) atoms. The molecule has 1 N–H and O–H groups in total. The number of hydrogen-bond acceptors (Lipinski definition) is 4. The van der Waals surface area contributed by atoms with Crippen molar-refractivity contribution in [2.24, 2.45) is 0 Å². The standard InChI is InChI=1S/C21H23N3OS/c1-13-7-8-14(2)18(10-13)21(17-6-5-9-22-12-17)24-20(25)11-19-15(3)23-16(4)26-19/h5-10,12,21H,11H2,1-4H3,(H,24,25)/t21-/m1/s1. The lowest BCUT2D eigenvalue weighted by Gasteiger charge is -2.22. The smallest absolute Gasteiger partial charge is 0.226 e. The zero-order chi connectivity index (χ0) is 18.7. The highest BCUT2D eigenvalue weighted by Gasteiger charge is 2.20. The van der Waals surface area contributed by atoms with E-state index in [-0.39, 0.29) is 11.9 Å². The zero-order valence-corrected chi connectivity index (χ0v) is 16.4. The minimum absolute atomic E-state index is 0.00786. The number of nitrogens with one attached hydrogen (secondary N) is 1. The molecule has 0 aliphatic heterocycles. The van der Waals surface area contributed by atoms with Gasteiger partial charge < -0.3 is 5.32 Å². The summed E-state index contributed by atoms with van der Waals surface area (Å²) in [5.41, 5.74) is 5.33. The van der Waals surface area contributed by atoms with Gasteiger partial charge in [-0.3, -0.25) is 9.78 Å². The molecule has 0 unspecified atom stereocenters. The van der Waals surface area contributed by atoms with Crippen molar-refractivity contribution >= 4 is 17.2 Å². The number of thiazole rings is 1. The Morgan fingerprint density at radius 1 is 1.19 bits per heavy atom. The van der Waals surface area contributed by atoms with Crippen LogP contribution in [0.15, 0.2) is 42.7 Å². The Labute approximate surface area is 158 Å². The quantitative estimate of drug-likeness (QED) is 0.736. The SMILES string of the molecule is Cc1ccc(C)c([C@H](NC(=O)Cc2sc(C)nc2C)c2cccnc2)c1. The molecule has 1 atom stereocenters. The predicted octanol–water partition coefficient (Wildman–Crippen LogP) is 4.22. The van der Waals surface area contributed by atoms with Crippen LogP contribution in [0.25, 0.3) is 0 Å². The van der Waals surface area contributed by atoms with Gasteiger partial charge in [0.1, 0.15) is 0 Å². The van der Waals surface area contributed by atoms with E-state index in [1.165, 1.54) is 5.56 Å². The van der Waals surface area contributed by atoms with Gasteiger partial charge in [0, 0.05) is 17.3 Å². The minimum Gasteiger partial charge on any atom is -0.345 e. The minimum atomic E-state index is -0.217. The summed E-state index contributed by atoms with van der Waals surface area (Å²) in [5, 5.41) is 4.19. The maximum absolute atomic E-state index is 12.8. The molecule has 0 radical (unpaired) electrons. The summed E-state index contributed by atoms with van der Waals surface area (Å²) in [6.45, 7) is 8.05. The van der Waals surface area contributed by atoms with Crippen LogP contribution in [0.3, 0.4) is 0 Å². The molecule has 0 saturated carbocycles.